The van der Waals surface area contributed by atoms with E-state index < -0.39 is 0 Å². The third-order valence-corrected chi connectivity index (χ3v) is 2.30. The van der Waals surface area contributed by atoms with Crippen molar-refractivity contribution in [3.8, 4) is 5.75 Å². The van der Waals surface area contributed by atoms with Crippen LogP contribution in [0.4, 0.5) is 0 Å². The number of aldehydes is 1. The van der Waals surface area contributed by atoms with Gasteiger partial charge in [-0.25, -0.2) is 0 Å². The number of hydrogen-bond donors (Lipinski definition) is 0. The van der Waals surface area contributed by atoms with E-state index in [1.807, 2.05) is 0 Å². The van der Waals surface area contributed by atoms with Crippen LogP contribution in [-0.2, 0) is 6.61 Å². The van der Waals surface area contributed by atoms with Gasteiger partial charge in [0, 0.05) is 11.6 Å². The highest BCUT2D eigenvalue weighted by Gasteiger charge is 2.02. The van der Waals surface area contributed by atoms with Crippen molar-refractivity contribution in [3.63, 3.8) is 0 Å². The van der Waals surface area contributed by atoms with E-state index in [0.717, 1.165) is 6.29 Å². The molecule has 1 aromatic carbocycles. The lowest BCUT2D eigenvalue weighted by atomic mass is 10.2. The molecule has 0 aliphatic heterocycles. The van der Waals surface area contributed by atoms with Crippen LogP contribution in [0.25, 0.3) is 0 Å². The molecule has 0 aliphatic rings. The van der Waals surface area contributed by atoms with Crippen LogP contribution in [0, 0.1) is 0 Å². The van der Waals surface area contributed by atoms with Crippen LogP contribution in [0.5, 0.6) is 5.75 Å². The lowest BCUT2D eigenvalue weighted by Crippen LogP contribution is -1.93. The highest BCUT2D eigenvalue weighted by molar-refractivity contribution is 9.10. The Balaban J connectivity index is 1.96. The minimum absolute atomic E-state index is 0.305. The Labute approximate surface area is 100 Å². The number of halogens is 1. The van der Waals surface area contributed by atoms with Gasteiger partial charge in [-0.15, -0.1) is 0 Å². The lowest BCUT2D eigenvalue weighted by Gasteiger charge is -2.02. The lowest BCUT2D eigenvalue weighted by molar-refractivity contribution is 0.112. The molecule has 0 saturated carbocycles. The molecule has 0 atom stereocenters. The molecule has 2 rings (SSSR count). The molecule has 0 aliphatic carbocycles. The molecule has 16 heavy (non-hydrogen) atoms. The molecule has 4 nitrogen and oxygen atoms in total. The Morgan fingerprint density at radius 2 is 2.12 bits per heavy atom. The summed E-state index contributed by atoms with van der Waals surface area (Å²) in [6, 6.07) is 8.58. The van der Waals surface area contributed by atoms with Gasteiger partial charge >= 0.3 is 0 Å². The molecule has 0 saturated heterocycles. The Morgan fingerprint density at radius 1 is 1.38 bits per heavy atom. The Bertz CT molecular complexity index is 478. The topological polar surface area (TPSA) is 52.3 Å². The molecule has 2 aromatic rings. The summed E-state index contributed by atoms with van der Waals surface area (Å²) in [4.78, 5) is 10.4. The van der Waals surface area contributed by atoms with Gasteiger partial charge < -0.3 is 9.26 Å². The van der Waals surface area contributed by atoms with Gasteiger partial charge in [0.25, 0.3) is 0 Å². The summed E-state index contributed by atoms with van der Waals surface area (Å²) < 4.78 is 11.0. The van der Waals surface area contributed by atoms with Gasteiger partial charge in [0.05, 0.1) is 0 Å². The summed E-state index contributed by atoms with van der Waals surface area (Å²) in [7, 11) is 0. The second-order valence-electron chi connectivity index (χ2n) is 3.09. The summed E-state index contributed by atoms with van der Waals surface area (Å²) in [5.41, 5.74) is 0.620. The van der Waals surface area contributed by atoms with Gasteiger partial charge in [-0.3, -0.25) is 4.79 Å². The Morgan fingerprint density at radius 3 is 2.69 bits per heavy atom. The van der Waals surface area contributed by atoms with Crippen molar-refractivity contribution in [2.24, 2.45) is 0 Å². The average Bonchev–Trinajstić information content (AvgIpc) is 2.73. The standard InChI is InChI=1S/C11H8BrNO3/c12-11-5-10(16-13-11)7-15-9-3-1-8(6-14)2-4-9/h1-6H,7H2. The first-order valence-electron chi connectivity index (χ1n) is 4.57. The number of ether oxygens (including phenoxy) is 1. The third kappa shape index (κ3) is 2.70. The summed E-state index contributed by atoms with van der Waals surface area (Å²) in [6.45, 7) is 0.305. The van der Waals surface area contributed by atoms with Gasteiger partial charge in [0.2, 0.25) is 0 Å². The normalized spacial score (nSPS) is 10.1. The number of nitrogens with zero attached hydrogens (tertiary/aromatic N) is 1. The van der Waals surface area contributed by atoms with Gasteiger partial charge in [0.15, 0.2) is 5.76 Å². The first kappa shape index (κ1) is 10.9. The van der Waals surface area contributed by atoms with Gasteiger partial charge in [-0.1, -0.05) is 5.16 Å². The number of carbonyl (C=O) groups is 1. The molecule has 0 unspecified atom stereocenters. The van der Waals surface area contributed by atoms with Gasteiger partial charge in [-0.2, -0.15) is 0 Å². The van der Waals surface area contributed by atoms with Crippen molar-refractivity contribution < 1.29 is 14.1 Å². The monoisotopic (exact) mass is 281 g/mol. The molecule has 0 fully saturated rings. The molecule has 5 heteroatoms. The maximum absolute atomic E-state index is 10.4. The molecule has 0 radical (unpaired) electrons. The van der Waals surface area contributed by atoms with Crippen molar-refractivity contribution in [3.05, 3.63) is 46.3 Å². The summed E-state index contributed by atoms with van der Waals surface area (Å²) >= 11 is 3.18. The van der Waals surface area contributed by atoms with Crippen molar-refractivity contribution in [2.45, 2.75) is 6.61 Å². The zero-order chi connectivity index (χ0) is 11.4. The van der Waals surface area contributed by atoms with Crippen LogP contribution in [-0.4, -0.2) is 11.4 Å². The molecule has 82 valence electrons. The first-order valence-corrected chi connectivity index (χ1v) is 5.36. The van der Waals surface area contributed by atoms with E-state index in [2.05, 4.69) is 21.1 Å². The maximum Gasteiger partial charge on any atom is 0.175 e. The number of rotatable bonds is 4. The molecule has 0 bridgehead atoms. The first-order chi connectivity index (χ1) is 7.78. The number of hydrogen-bond acceptors (Lipinski definition) is 4. The molecule has 1 aromatic heterocycles. The highest BCUT2D eigenvalue weighted by Crippen LogP contribution is 2.15. The second-order valence-corrected chi connectivity index (χ2v) is 3.90. The molecule has 0 amide bonds. The minimum Gasteiger partial charge on any atom is -0.486 e. The molecule has 1 heterocycles. The van der Waals surface area contributed by atoms with Crippen LogP contribution >= 0.6 is 15.9 Å². The quantitative estimate of drug-likeness (QED) is 0.809. The molecule has 0 N–H and O–H groups in total. The molecule has 0 spiro atoms. The maximum atomic E-state index is 10.4. The van der Waals surface area contributed by atoms with E-state index in [1.165, 1.54) is 0 Å². The predicted molar refractivity (Wildman–Crippen MR) is 60.4 cm³/mol. The van der Waals surface area contributed by atoms with Crippen LogP contribution in [0.1, 0.15) is 16.1 Å². The van der Waals surface area contributed by atoms with E-state index in [4.69, 9.17) is 9.26 Å². The summed E-state index contributed by atoms with van der Waals surface area (Å²) in [5, 5.41) is 3.67. The van der Waals surface area contributed by atoms with Crippen molar-refractivity contribution in [2.75, 3.05) is 0 Å². The fraction of sp³-hybridized carbons (Fsp3) is 0.0909. The van der Waals surface area contributed by atoms with Crippen molar-refractivity contribution >= 4 is 22.2 Å². The SMILES string of the molecule is O=Cc1ccc(OCc2cc(Br)no2)cc1. The van der Waals surface area contributed by atoms with E-state index in [0.29, 0.717) is 28.3 Å². The van der Waals surface area contributed by atoms with Crippen LogP contribution in [0.15, 0.2) is 39.5 Å². The van der Waals surface area contributed by atoms with E-state index in [-0.39, 0.29) is 0 Å². The van der Waals surface area contributed by atoms with Crippen LogP contribution < -0.4 is 4.74 Å². The highest BCUT2D eigenvalue weighted by atomic mass is 79.9. The average molecular weight is 282 g/mol. The third-order valence-electron chi connectivity index (χ3n) is 1.93. The summed E-state index contributed by atoms with van der Waals surface area (Å²) in [6.07, 6.45) is 0.789. The Kier molecular flexibility index (Phi) is 3.36. The number of benzene rings is 1. The number of carbonyl (C=O) groups excluding carboxylic acids is 1. The predicted octanol–water partition coefficient (Wildman–Crippen LogP) is 2.83. The zero-order valence-electron chi connectivity index (χ0n) is 8.22. The van der Waals surface area contributed by atoms with E-state index >= 15 is 0 Å². The Hall–Kier alpha value is -1.62. The smallest absolute Gasteiger partial charge is 0.175 e. The largest absolute Gasteiger partial charge is 0.486 e. The van der Waals surface area contributed by atoms with Crippen LogP contribution in [0.2, 0.25) is 0 Å². The summed E-state index contributed by atoms with van der Waals surface area (Å²) in [5.74, 6) is 1.31. The molecular weight excluding hydrogens is 274 g/mol. The fourth-order valence-corrected chi connectivity index (χ4v) is 1.48. The van der Waals surface area contributed by atoms with Crippen molar-refractivity contribution in [1.82, 2.24) is 5.16 Å². The zero-order valence-corrected chi connectivity index (χ0v) is 9.81. The second kappa shape index (κ2) is 4.94. The van der Waals surface area contributed by atoms with Crippen LogP contribution in [0.3, 0.4) is 0 Å². The molecular formula is C11H8BrNO3. The minimum atomic E-state index is 0.305. The van der Waals surface area contributed by atoms with Gasteiger partial charge in [0.1, 0.15) is 23.2 Å². The van der Waals surface area contributed by atoms with Crippen molar-refractivity contribution in [1.29, 1.82) is 0 Å². The number of aromatic nitrogens is 1. The van der Waals surface area contributed by atoms with Gasteiger partial charge in [-0.05, 0) is 40.2 Å². The fourth-order valence-electron chi connectivity index (χ4n) is 1.15. The van der Waals surface area contributed by atoms with E-state index in [1.54, 1.807) is 30.3 Å². The van der Waals surface area contributed by atoms with E-state index in [9.17, 15) is 4.79 Å².